The van der Waals surface area contributed by atoms with Gasteiger partial charge in [0, 0.05) is 26.2 Å². The van der Waals surface area contributed by atoms with Crippen LogP contribution in [0.4, 0.5) is 0 Å². The van der Waals surface area contributed by atoms with E-state index in [-0.39, 0.29) is 49.3 Å². The molecule has 1 aromatic carbocycles. The highest BCUT2D eigenvalue weighted by Crippen LogP contribution is 2.31. The van der Waals surface area contributed by atoms with Gasteiger partial charge in [-0.05, 0) is 31.9 Å². The summed E-state index contributed by atoms with van der Waals surface area (Å²) in [5, 5.41) is 14.4. The van der Waals surface area contributed by atoms with E-state index in [9.17, 15) is 5.11 Å². The molecule has 30 heavy (non-hydrogen) atoms. The molecular formula is C20H30Cl2IN3O4. The minimum Gasteiger partial charge on any atom is -0.489 e. The Bertz CT molecular complexity index is 692. The predicted octanol–water partition coefficient (Wildman–Crippen LogP) is 3.20. The quantitative estimate of drug-likeness (QED) is 0.296. The van der Waals surface area contributed by atoms with Gasteiger partial charge in [0.2, 0.25) is 0 Å². The molecule has 0 saturated carbocycles. The Kier molecular flexibility index (Phi) is 11.3. The zero-order valence-corrected chi connectivity index (χ0v) is 20.9. The maximum Gasteiger partial charge on any atom is 0.194 e. The van der Waals surface area contributed by atoms with E-state index in [0.29, 0.717) is 22.4 Å². The van der Waals surface area contributed by atoms with Crippen molar-refractivity contribution in [1.82, 2.24) is 10.2 Å². The van der Waals surface area contributed by atoms with Crippen molar-refractivity contribution in [2.24, 2.45) is 4.99 Å². The molecular weight excluding hydrogens is 544 g/mol. The minimum absolute atomic E-state index is 0. The second kappa shape index (κ2) is 13.1. The van der Waals surface area contributed by atoms with E-state index >= 15 is 0 Å². The van der Waals surface area contributed by atoms with Gasteiger partial charge >= 0.3 is 0 Å². The average Bonchev–Trinajstić information content (AvgIpc) is 3.27. The van der Waals surface area contributed by atoms with Crippen LogP contribution in [0.5, 0.6) is 5.75 Å². The molecule has 2 saturated heterocycles. The third kappa shape index (κ3) is 7.27. The van der Waals surface area contributed by atoms with E-state index in [0.717, 1.165) is 45.0 Å². The molecule has 2 N–H and O–H groups in total. The lowest BCUT2D eigenvalue weighted by atomic mass is 10.1. The van der Waals surface area contributed by atoms with Crippen LogP contribution in [-0.4, -0.2) is 80.3 Å². The number of aliphatic hydroxyl groups is 1. The lowest BCUT2D eigenvalue weighted by Gasteiger charge is -2.37. The van der Waals surface area contributed by atoms with Gasteiger partial charge in [-0.15, -0.1) is 24.0 Å². The summed E-state index contributed by atoms with van der Waals surface area (Å²) in [4.78, 5) is 6.76. The first-order valence-corrected chi connectivity index (χ1v) is 10.9. The Hall–Kier alpha value is -0.520. The SMILES string of the molecule is CCNC(=NCC(O)COc1cccc(Cl)c1Cl)N1CCOC(C2CCCO2)C1.I. The van der Waals surface area contributed by atoms with E-state index in [1.807, 2.05) is 6.92 Å². The van der Waals surface area contributed by atoms with Gasteiger partial charge in [-0.25, -0.2) is 0 Å². The second-order valence-corrected chi connectivity index (χ2v) is 7.90. The molecule has 3 unspecified atom stereocenters. The molecule has 0 spiro atoms. The third-order valence-corrected chi connectivity index (χ3v) is 5.71. The summed E-state index contributed by atoms with van der Waals surface area (Å²) in [5.74, 6) is 1.21. The van der Waals surface area contributed by atoms with Crippen LogP contribution in [0.3, 0.4) is 0 Å². The van der Waals surface area contributed by atoms with Gasteiger partial charge in [0.1, 0.15) is 29.6 Å². The van der Waals surface area contributed by atoms with Crippen LogP contribution >= 0.6 is 47.2 Å². The summed E-state index contributed by atoms with van der Waals surface area (Å²) in [6.45, 7) is 5.96. The number of morpholine rings is 1. The maximum absolute atomic E-state index is 10.3. The van der Waals surface area contributed by atoms with Crippen molar-refractivity contribution in [3.05, 3.63) is 28.2 Å². The number of guanidine groups is 1. The Morgan fingerprint density at radius 1 is 1.33 bits per heavy atom. The number of halogens is 3. The highest BCUT2D eigenvalue weighted by Gasteiger charge is 2.32. The molecule has 2 heterocycles. The van der Waals surface area contributed by atoms with Crippen LogP contribution in [0.2, 0.25) is 10.0 Å². The average molecular weight is 574 g/mol. The lowest BCUT2D eigenvalue weighted by molar-refractivity contribution is -0.0817. The number of hydrogen-bond donors (Lipinski definition) is 2. The van der Waals surface area contributed by atoms with Gasteiger partial charge in [0.25, 0.3) is 0 Å². The van der Waals surface area contributed by atoms with Crippen LogP contribution in [0.1, 0.15) is 19.8 Å². The fourth-order valence-corrected chi connectivity index (χ4v) is 3.79. The summed E-state index contributed by atoms with van der Waals surface area (Å²) < 4.78 is 17.3. The molecule has 7 nitrogen and oxygen atoms in total. The van der Waals surface area contributed by atoms with E-state index in [1.165, 1.54) is 0 Å². The number of nitrogens with one attached hydrogen (secondary N) is 1. The topological polar surface area (TPSA) is 75.6 Å². The molecule has 3 atom stereocenters. The zero-order chi connectivity index (χ0) is 20.6. The first-order valence-electron chi connectivity index (χ1n) is 10.1. The minimum atomic E-state index is -0.770. The van der Waals surface area contributed by atoms with Crippen molar-refractivity contribution in [1.29, 1.82) is 0 Å². The number of nitrogens with zero attached hydrogens (tertiary/aromatic N) is 2. The fraction of sp³-hybridized carbons (Fsp3) is 0.650. The van der Waals surface area contributed by atoms with Crippen molar-refractivity contribution in [3.8, 4) is 5.75 Å². The molecule has 0 radical (unpaired) electrons. The molecule has 2 aliphatic rings. The van der Waals surface area contributed by atoms with Crippen LogP contribution in [0, 0.1) is 0 Å². The van der Waals surface area contributed by atoms with Gasteiger partial charge in [-0.3, -0.25) is 4.99 Å². The first kappa shape index (κ1) is 25.7. The van der Waals surface area contributed by atoms with Crippen LogP contribution in [-0.2, 0) is 9.47 Å². The van der Waals surface area contributed by atoms with E-state index < -0.39 is 6.10 Å². The van der Waals surface area contributed by atoms with Crippen molar-refractivity contribution < 1.29 is 19.3 Å². The Morgan fingerprint density at radius 3 is 2.87 bits per heavy atom. The van der Waals surface area contributed by atoms with Crippen LogP contribution < -0.4 is 10.1 Å². The van der Waals surface area contributed by atoms with Crippen LogP contribution in [0.25, 0.3) is 0 Å². The Morgan fingerprint density at radius 2 is 2.13 bits per heavy atom. The molecule has 170 valence electrons. The van der Waals surface area contributed by atoms with Gasteiger partial charge in [0.15, 0.2) is 5.96 Å². The second-order valence-electron chi connectivity index (χ2n) is 7.12. The number of hydrogen-bond acceptors (Lipinski definition) is 5. The van der Waals surface area contributed by atoms with Gasteiger partial charge in [0.05, 0.1) is 24.3 Å². The predicted molar refractivity (Wildman–Crippen MR) is 130 cm³/mol. The van der Waals surface area contributed by atoms with E-state index in [4.69, 9.17) is 37.4 Å². The summed E-state index contributed by atoms with van der Waals surface area (Å²) in [6.07, 6.45) is 1.56. The van der Waals surface area contributed by atoms with Gasteiger partial charge < -0.3 is 29.5 Å². The lowest BCUT2D eigenvalue weighted by Crippen LogP contribution is -2.53. The van der Waals surface area contributed by atoms with E-state index in [2.05, 4.69) is 15.2 Å². The standard InChI is InChI=1S/C20H29Cl2N3O4.HI/c1-2-23-20(25-8-10-28-18(12-25)16-7-4-9-27-16)24-11-14(26)13-29-17-6-3-5-15(21)19(17)22;/h3,5-6,14,16,18,26H,2,4,7-13H2,1H3,(H,23,24);1H. The van der Waals surface area contributed by atoms with Crippen molar-refractivity contribution in [2.45, 2.75) is 38.1 Å². The summed E-state index contributed by atoms with van der Waals surface area (Å²) in [6, 6.07) is 5.15. The number of ether oxygens (including phenoxy) is 3. The molecule has 3 rings (SSSR count). The third-order valence-electron chi connectivity index (χ3n) is 4.91. The van der Waals surface area contributed by atoms with E-state index in [1.54, 1.807) is 18.2 Å². The van der Waals surface area contributed by atoms with Gasteiger partial charge in [-0.2, -0.15) is 0 Å². The number of rotatable bonds is 7. The largest absolute Gasteiger partial charge is 0.489 e. The van der Waals surface area contributed by atoms with Crippen molar-refractivity contribution in [3.63, 3.8) is 0 Å². The number of aliphatic hydroxyl groups excluding tert-OH is 1. The summed E-state index contributed by atoms with van der Waals surface area (Å²) in [5.41, 5.74) is 0. The highest BCUT2D eigenvalue weighted by molar-refractivity contribution is 14.0. The Balaban J connectivity index is 0.00000320. The highest BCUT2D eigenvalue weighted by atomic mass is 127. The van der Waals surface area contributed by atoms with Crippen molar-refractivity contribution in [2.75, 3.05) is 46.0 Å². The molecule has 0 amide bonds. The summed E-state index contributed by atoms with van der Waals surface area (Å²) in [7, 11) is 0. The number of aliphatic imine (C=N–C) groups is 1. The monoisotopic (exact) mass is 573 g/mol. The molecule has 2 aliphatic heterocycles. The molecule has 2 fully saturated rings. The zero-order valence-electron chi connectivity index (χ0n) is 17.1. The summed E-state index contributed by atoms with van der Waals surface area (Å²) >= 11 is 12.1. The molecule has 0 aromatic heterocycles. The fourth-order valence-electron chi connectivity index (χ4n) is 3.44. The molecule has 0 aliphatic carbocycles. The van der Waals surface area contributed by atoms with Crippen LogP contribution in [0.15, 0.2) is 23.2 Å². The first-order chi connectivity index (χ1) is 14.1. The molecule has 1 aromatic rings. The number of benzene rings is 1. The Labute approximate surface area is 205 Å². The van der Waals surface area contributed by atoms with Gasteiger partial charge in [-0.1, -0.05) is 29.3 Å². The smallest absolute Gasteiger partial charge is 0.194 e. The maximum atomic E-state index is 10.3. The van der Waals surface area contributed by atoms with Crippen molar-refractivity contribution >= 4 is 53.1 Å². The molecule has 0 bridgehead atoms. The normalized spacial score (nSPS) is 23.1. The molecule has 10 heteroatoms.